The number of carbonyl (C=O) groups excluding carboxylic acids is 1. The summed E-state index contributed by atoms with van der Waals surface area (Å²) in [5, 5.41) is 2.56. The lowest BCUT2D eigenvalue weighted by molar-refractivity contribution is -0.137. The van der Waals surface area contributed by atoms with Crippen LogP contribution in [0.3, 0.4) is 0 Å². The molecule has 120 valence electrons. The van der Waals surface area contributed by atoms with Crippen molar-refractivity contribution in [1.29, 1.82) is 0 Å². The van der Waals surface area contributed by atoms with Gasteiger partial charge in [0.05, 0.1) is 11.3 Å². The number of amides is 1. The number of thioether (sulfide) groups is 1. The Balaban J connectivity index is 1.80. The molecule has 1 aliphatic heterocycles. The zero-order valence-electron chi connectivity index (χ0n) is 11.7. The van der Waals surface area contributed by atoms with Gasteiger partial charge in [0.25, 0.3) is 0 Å². The number of nitrogens with one attached hydrogen (secondary N) is 1. The van der Waals surface area contributed by atoms with E-state index in [-0.39, 0.29) is 11.7 Å². The third kappa shape index (κ3) is 4.88. The molecule has 3 nitrogen and oxygen atoms in total. The molecule has 22 heavy (non-hydrogen) atoms. The third-order valence-corrected chi connectivity index (χ3v) is 4.71. The molecule has 0 aromatic heterocycles. The predicted octanol–water partition coefficient (Wildman–Crippen LogP) is 3.76. The lowest BCUT2D eigenvalue weighted by Gasteiger charge is -2.17. The standard InChI is InChI=1S/C14H15F3N2OS2/c15-14(16,17)10-3-5-11(6-4-10)18-12(20)9-22-13(21)19-7-1-2-8-19/h3-6H,1-2,7-9H2,(H,18,20). The van der Waals surface area contributed by atoms with Gasteiger partial charge >= 0.3 is 6.18 Å². The predicted molar refractivity (Wildman–Crippen MR) is 85.9 cm³/mol. The van der Waals surface area contributed by atoms with Crippen molar-refractivity contribution in [3.8, 4) is 0 Å². The van der Waals surface area contributed by atoms with Crippen molar-refractivity contribution in [1.82, 2.24) is 4.90 Å². The van der Waals surface area contributed by atoms with Crippen LogP contribution in [0, 0.1) is 0 Å². The maximum atomic E-state index is 12.4. The molecule has 1 N–H and O–H groups in total. The van der Waals surface area contributed by atoms with Crippen molar-refractivity contribution >= 4 is 39.9 Å². The van der Waals surface area contributed by atoms with Crippen LogP contribution in [0.5, 0.6) is 0 Å². The minimum Gasteiger partial charge on any atom is -0.358 e. The van der Waals surface area contributed by atoms with Crippen LogP contribution < -0.4 is 5.32 Å². The van der Waals surface area contributed by atoms with E-state index in [2.05, 4.69) is 10.2 Å². The molecule has 0 spiro atoms. The first-order valence-electron chi connectivity index (χ1n) is 6.75. The summed E-state index contributed by atoms with van der Waals surface area (Å²) in [5.74, 6) is -0.137. The summed E-state index contributed by atoms with van der Waals surface area (Å²) in [4.78, 5) is 13.8. The number of halogens is 3. The molecule has 0 aliphatic carbocycles. The normalized spacial score (nSPS) is 15.0. The summed E-state index contributed by atoms with van der Waals surface area (Å²) in [6.45, 7) is 1.85. The van der Waals surface area contributed by atoms with E-state index in [0.717, 1.165) is 38.1 Å². The van der Waals surface area contributed by atoms with Gasteiger partial charge in [-0.2, -0.15) is 13.2 Å². The lowest BCUT2D eigenvalue weighted by Crippen LogP contribution is -2.25. The van der Waals surface area contributed by atoms with E-state index in [1.54, 1.807) is 0 Å². The Morgan fingerprint density at radius 2 is 1.82 bits per heavy atom. The summed E-state index contributed by atoms with van der Waals surface area (Å²) in [7, 11) is 0. The minimum absolute atomic E-state index is 0.149. The molecule has 1 aromatic carbocycles. The zero-order chi connectivity index (χ0) is 16.2. The molecule has 0 radical (unpaired) electrons. The molecule has 1 aliphatic rings. The van der Waals surface area contributed by atoms with E-state index in [0.29, 0.717) is 10.0 Å². The molecule has 0 saturated carbocycles. The molecule has 1 amide bonds. The Morgan fingerprint density at radius 3 is 2.36 bits per heavy atom. The fraction of sp³-hybridized carbons (Fsp3) is 0.429. The summed E-state index contributed by atoms with van der Waals surface area (Å²) >= 11 is 6.51. The molecule has 2 rings (SSSR count). The molecule has 1 aromatic rings. The van der Waals surface area contributed by atoms with Gasteiger partial charge in [-0.1, -0.05) is 24.0 Å². The second-order valence-electron chi connectivity index (χ2n) is 4.87. The van der Waals surface area contributed by atoms with E-state index in [1.165, 1.54) is 23.9 Å². The SMILES string of the molecule is O=C(CSC(=S)N1CCCC1)Nc1ccc(C(F)(F)F)cc1. The second kappa shape index (κ2) is 7.32. The average Bonchev–Trinajstić information content (AvgIpc) is 2.98. The zero-order valence-corrected chi connectivity index (χ0v) is 13.3. The van der Waals surface area contributed by atoms with Crippen molar-refractivity contribution in [3.05, 3.63) is 29.8 Å². The third-order valence-electron chi connectivity index (χ3n) is 3.19. The molecular formula is C14H15F3N2OS2. The number of thiocarbonyl (C=S) groups is 1. The number of anilines is 1. The van der Waals surface area contributed by atoms with Gasteiger partial charge in [-0.05, 0) is 37.1 Å². The van der Waals surface area contributed by atoms with Gasteiger partial charge < -0.3 is 10.2 Å². The summed E-state index contributed by atoms with van der Waals surface area (Å²) in [5.41, 5.74) is -0.402. The molecule has 0 bridgehead atoms. The van der Waals surface area contributed by atoms with Crippen LogP contribution in [-0.4, -0.2) is 34.0 Å². The second-order valence-corrected chi connectivity index (χ2v) is 6.48. The van der Waals surface area contributed by atoms with E-state index >= 15 is 0 Å². The van der Waals surface area contributed by atoms with Gasteiger partial charge in [0.15, 0.2) is 0 Å². The largest absolute Gasteiger partial charge is 0.416 e. The first-order chi connectivity index (χ1) is 10.4. The van der Waals surface area contributed by atoms with Crippen LogP contribution in [0.15, 0.2) is 24.3 Å². The number of rotatable bonds is 3. The quantitative estimate of drug-likeness (QED) is 0.843. The Kier molecular flexibility index (Phi) is 5.69. The Morgan fingerprint density at radius 1 is 1.23 bits per heavy atom. The number of hydrogen-bond acceptors (Lipinski definition) is 3. The maximum absolute atomic E-state index is 12.4. The van der Waals surface area contributed by atoms with Gasteiger partial charge in [-0.25, -0.2) is 0 Å². The highest BCUT2D eigenvalue weighted by atomic mass is 32.2. The Labute approximate surface area is 136 Å². The Bertz CT molecular complexity index is 540. The van der Waals surface area contributed by atoms with Crippen molar-refractivity contribution < 1.29 is 18.0 Å². The van der Waals surface area contributed by atoms with E-state index in [1.807, 2.05) is 0 Å². The molecule has 0 unspecified atom stereocenters. The van der Waals surface area contributed by atoms with Crippen LogP contribution in [0.4, 0.5) is 18.9 Å². The summed E-state index contributed by atoms with van der Waals surface area (Å²) in [6.07, 6.45) is -2.16. The van der Waals surface area contributed by atoms with E-state index in [4.69, 9.17) is 12.2 Å². The number of carbonyl (C=O) groups is 1. The monoisotopic (exact) mass is 348 g/mol. The molecule has 0 atom stereocenters. The molecule has 1 saturated heterocycles. The van der Waals surface area contributed by atoms with Crippen LogP contribution in [0.25, 0.3) is 0 Å². The number of benzene rings is 1. The van der Waals surface area contributed by atoms with Crippen LogP contribution in [0.2, 0.25) is 0 Å². The maximum Gasteiger partial charge on any atom is 0.416 e. The van der Waals surface area contributed by atoms with Gasteiger partial charge in [-0.15, -0.1) is 0 Å². The number of hydrogen-bond donors (Lipinski definition) is 1. The van der Waals surface area contributed by atoms with Crippen LogP contribution in [-0.2, 0) is 11.0 Å². The minimum atomic E-state index is -4.37. The Hall–Kier alpha value is -1.28. The molecule has 1 heterocycles. The highest BCUT2D eigenvalue weighted by Crippen LogP contribution is 2.29. The van der Waals surface area contributed by atoms with Crippen LogP contribution in [0.1, 0.15) is 18.4 Å². The van der Waals surface area contributed by atoms with E-state index < -0.39 is 11.7 Å². The fourth-order valence-corrected chi connectivity index (χ4v) is 3.11. The highest BCUT2D eigenvalue weighted by Gasteiger charge is 2.30. The number of alkyl halides is 3. The average molecular weight is 348 g/mol. The summed E-state index contributed by atoms with van der Waals surface area (Å²) in [6, 6.07) is 4.36. The smallest absolute Gasteiger partial charge is 0.358 e. The first-order valence-corrected chi connectivity index (χ1v) is 8.14. The number of likely N-dealkylation sites (tertiary alicyclic amines) is 1. The van der Waals surface area contributed by atoms with Gasteiger partial charge in [-0.3, -0.25) is 4.79 Å². The fourth-order valence-electron chi connectivity index (χ4n) is 2.06. The van der Waals surface area contributed by atoms with Crippen molar-refractivity contribution in [2.24, 2.45) is 0 Å². The lowest BCUT2D eigenvalue weighted by atomic mass is 10.2. The molecule has 8 heteroatoms. The van der Waals surface area contributed by atoms with Crippen LogP contribution >= 0.6 is 24.0 Å². The first kappa shape index (κ1) is 17.1. The van der Waals surface area contributed by atoms with Gasteiger partial charge in [0.2, 0.25) is 5.91 Å². The van der Waals surface area contributed by atoms with Crippen molar-refractivity contribution in [3.63, 3.8) is 0 Å². The van der Waals surface area contributed by atoms with Crippen molar-refractivity contribution in [2.45, 2.75) is 19.0 Å². The van der Waals surface area contributed by atoms with Gasteiger partial charge in [0, 0.05) is 18.8 Å². The molecular weight excluding hydrogens is 333 g/mol. The molecule has 1 fully saturated rings. The number of nitrogens with zero attached hydrogens (tertiary/aromatic N) is 1. The van der Waals surface area contributed by atoms with E-state index in [9.17, 15) is 18.0 Å². The summed E-state index contributed by atoms with van der Waals surface area (Å²) < 4.78 is 38.0. The highest BCUT2D eigenvalue weighted by molar-refractivity contribution is 8.23. The van der Waals surface area contributed by atoms with Crippen molar-refractivity contribution in [2.75, 3.05) is 24.2 Å². The topological polar surface area (TPSA) is 32.3 Å². The van der Waals surface area contributed by atoms with Gasteiger partial charge in [0.1, 0.15) is 4.32 Å².